The van der Waals surface area contributed by atoms with E-state index in [4.69, 9.17) is 17.0 Å². The zero-order chi connectivity index (χ0) is 18.8. The van der Waals surface area contributed by atoms with Crippen molar-refractivity contribution < 1.29 is 20.8 Å². The van der Waals surface area contributed by atoms with E-state index in [1.165, 1.54) is 27.5 Å². The van der Waals surface area contributed by atoms with Gasteiger partial charge >= 0.3 is 37.9 Å². The Balaban J connectivity index is 0. The third-order valence-corrected chi connectivity index (χ3v) is 3.92. The number of fused-ring (bicyclic) bond motifs is 1. The van der Waals surface area contributed by atoms with Crippen LogP contribution in [0.15, 0.2) is 54.6 Å². The average Bonchev–Trinajstić information content (AvgIpc) is 2.96. The molecule has 3 aromatic carbocycles. The Hall–Kier alpha value is -0.270. The number of aryl methyl sites for hydroxylation is 1. The molecule has 3 aromatic rings. The molecular formula is C23H29Cl2SiZr-3. The second-order valence-corrected chi connectivity index (χ2v) is 10.3. The van der Waals surface area contributed by atoms with Gasteiger partial charge in [0.05, 0.1) is 0 Å². The van der Waals surface area contributed by atoms with Crippen LogP contribution in [0.1, 0.15) is 56.2 Å². The molecule has 0 unspecified atom stereocenters. The maximum atomic E-state index is 4.93. The Morgan fingerprint density at radius 3 is 1.85 bits per heavy atom. The van der Waals surface area contributed by atoms with Gasteiger partial charge in [-0.05, 0) is 11.8 Å². The van der Waals surface area contributed by atoms with Crippen LogP contribution in [0.25, 0.3) is 10.8 Å². The van der Waals surface area contributed by atoms with Crippen molar-refractivity contribution in [2.75, 3.05) is 0 Å². The summed E-state index contributed by atoms with van der Waals surface area (Å²) in [4.78, 5) is 0. The van der Waals surface area contributed by atoms with Gasteiger partial charge in [-0.3, -0.25) is 0 Å². The molecule has 4 radical (unpaired) electrons. The monoisotopic (exact) mass is 493 g/mol. The molecule has 27 heavy (non-hydrogen) atoms. The molecule has 0 heterocycles. The van der Waals surface area contributed by atoms with E-state index in [0.717, 1.165) is 0 Å². The Morgan fingerprint density at radius 1 is 0.926 bits per heavy atom. The largest absolute Gasteiger partial charge is 0.184 e. The van der Waals surface area contributed by atoms with Crippen molar-refractivity contribution in [3.05, 3.63) is 84.8 Å². The number of benzene rings is 2. The van der Waals surface area contributed by atoms with E-state index in [0.29, 0.717) is 11.8 Å². The van der Waals surface area contributed by atoms with Crippen LogP contribution in [-0.4, -0.2) is 11.0 Å². The molecule has 0 saturated carbocycles. The summed E-state index contributed by atoms with van der Waals surface area (Å²) in [6.07, 6.45) is 0. The maximum absolute atomic E-state index is 4.93. The van der Waals surface area contributed by atoms with Gasteiger partial charge in [-0.25, -0.2) is 0 Å². The first kappa shape index (κ1) is 28.9. The molecule has 146 valence electrons. The predicted molar refractivity (Wildman–Crippen MR) is 122 cm³/mol. The van der Waals surface area contributed by atoms with Crippen LogP contribution in [0, 0.1) is 20.4 Å². The zero-order valence-electron chi connectivity index (χ0n) is 17.1. The molecule has 0 N–H and O–H groups in total. The van der Waals surface area contributed by atoms with Gasteiger partial charge in [-0.1, -0.05) is 51.8 Å². The summed E-state index contributed by atoms with van der Waals surface area (Å²) in [7, 11) is 9.87. The summed E-state index contributed by atoms with van der Waals surface area (Å²) in [6, 6.07) is 21.8. The molecule has 0 amide bonds. The van der Waals surface area contributed by atoms with Gasteiger partial charge in [0.2, 0.25) is 0 Å². The van der Waals surface area contributed by atoms with E-state index in [9.17, 15) is 0 Å². The van der Waals surface area contributed by atoms with Gasteiger partial charge in [0.25, 0.3) is 0 Å². The predicted octanol–water partition coefficient (Wildman–Crippen LogP) is 8.05. The fraction of sp³-hybridized carbons (Fsp3) is 0.304. The summed E-state index contributed by atoms with van der Waals surface area (Å²) in [5.74, 6) is 1.21. The van der Waals surface area contributed by atoms with Crippen molar-refractivity contribution in [3.63, 3.8) is 0 Å². The quantitative estimate of drug-likeness (QED) is 0.249. The molecule has 0 aliphatic carbocycles. The summed E-state index contributed by atoms with van der Waals surface area (Å²) in [6.45, 7) is 11.3. The van der Waals surface area contributed by atoms with Gasteiger partial charge < -0.3 is 7.43 Å². The molecule has 0 aliphatic heterocycles. The summed E-state index contributed by atoms with van der Waals surface area (Å²) in [5, 5.41) is 2.85. The van der Waals surface area contributed by atoms with Gasteiger partial charge in [0, 0.05) is 11.0 Å². The van der Waals surface area contributed by atoms with Crippen molar-refractivity contribution >= 4 is 38.8 Å². The van der Waals surface area contributed by atoms with Gasteiger partial charge in [-0.15, -0.1) is 28.5 Å². The Bertz CT molecular complexity index is 710. The van der Waals surface area contributed by atoms with Crippen LogP contribution in [0.3, 0.4) is 0 Å². The minimum Gasteiger partial charge on any atom is -0.184 e. The van der Waals surface area contributed by atoms with E-state index in [-0.39, 0.29) is 18.4 Å². The van der Waals surface area contributed by atoms with Crippen LogP contribution in [0.4, 0.5) is 0 Å². The fourth-order valence-electron chi connectivity index (χ4n) is 2.68. The molecule has 0 atom stereocenters. The third kappa shape index (κ3) is 10.2. The molecule has 0 saturated heterocycles. The molecule has 4 heteroatoms. The molecule has 0 nitrogen and oxygen atoms in total. The fourth-order valence-corrected chi connectivity index (χ4v) is 2.68. The summed E-state index contributed by atoms with van der Waals surface area (Å²) >= 11 is -0.826. The molecule has 0 fully saturated rings. The Morgan fingerprint density at radius 2 is 1.48 bits per heavy atom. The molecule has 0 aliphatic rings. The normalized spacial score (nSPS) is 9.37. The van der Waals surface area contributed by atoms with E-state index in [2.05, 4.69) is 65.0 Å². The van der Waals surface area contributed by atoms with E-state index < -0.39 is 20.8 Å². The van der Waals surface area contributed by atoms with Crippen LogP contribution >= 0.6 is 17.0 Å². The first-order valence-corrected chi connectivity index (χ1v) is 14.8. The molecule has 0 spiro atoms. The number of hydrogen-bond acceptors (Lipinski definition) is 0. The van der Waals surface area contributed by atoms with Crippen LogP contribution in [0.2, 0.25) is 0 Å². The van der Waals surface area contributed by atoms with E-state index in [1.807, 2.05) is 30.3 Å². The van der Waals surface area contributed by atoms with Crippen LogP contribution in [-0.2, 0) is 20.8 Å². The average molecular weight is 496 g/mol. The molecular weight excluding hydrogens is 466 g/mol. The van der Waals surface area contributed by atoms with E-state index >= 15 is 0 Å². The Labute approximate surface area is 189 Å². The zero-order valence-corrected chi connectivity index (χ0v) is 22.1. The number of hydrogen-bond donors (Lipinski definition) is 0. The van der Waals surface area contributed by atoms with Crippen molar-refractivity contribution in [2.24, 2.45) is 0 Å². The maximum Gasteiger partial charge on any atom is 0 e. The minimum atomic E-state index is -0.826. The first-order chi connectivity index (χ1) is 11.9. The molecule has 0 aromatic heterocycles. The van der Waals surface area contributed by atoms with Crippen molar-refractivity contribution in [1.29, 1.82) is 0 Å². The van der Waals surface area contributed by atoms with Gasteiger partial charge in [0.15, 0.2) is 0 Å². The van der Waals surface area contributed by atoms with E-state index in [1.54, 1.807) is 0 Å². The van der Waals surface area contributed by atoms with Crippen molar-refractivity contribution in [3.8, 4) is 0 Å². The molecule has 3 rings (SSSR count). The van der Waals surface area contributed by atoms with Gasteiger partial charge in [-0.2, -0.15) is 42.5 Å². The van der Waals surface area contributed by atoms with Crippen LogP contribution in [0.5, 0.6) is 0 Å². The number of halogens is 2. The summed E-state index contributed by atoms with van der Waals surface area (Å²) < 4.78 is 0. The Kier molecular flexibility index (Phi) is 16.7. The van der Waals surface area contributed by atoms with Crippen molar-refractivity contribution in [2.45, 2.75) is 46.5 Å². The second kappa shape index (κ2) is 15.6. The topological polar surface area (TPSA) is 0 Å². The van der Waals surface area contributed by atoms with Gasteiger partial charge in [0.1, 0.15) is 0 Å². The van der Waals surface area contributed by atoms with Crippen molar-refractivity contribution in [1.82, 2.24) is 0 Å². The number of rotatable bonds is 2. The smallest absolute Gasteiger partial charge is 0 e. The third-order valence-electron chi connectivity index (χ3n) is 3.92. The minimum absolute atomic E-state index is 0. The summed E-state index contributed by atoms with van der Waals surface area (Å²) in [5.41, 5.74) is 4.33. The first-order valence-electron chi connectivity index (χ1n) is 8.48. The standard InChI is InChI=1S/C16H21.C6H5.CH3.2ClH.Si.Zr/c1-10(2)13-8-14-6-12(5)7-16(14)15(9-13)11(3)4;1-2-4-6-5-3-1;;;;;/h6-11H,1-5H3;1-5H;1H3;2*1H;;/q3*-1;;;;+2/p-2. The molecule has 0 bridgehead atoms. The van der Waals surface area contributed by atoms with Crippen LogP contribution < -0.4 is 0 Å². The SMILES string of the molecule is Cc1cc2c(C(C)C)cc(C(C)C)cc2[cH-]1.[CH3-].[Cl][Zr][Cl].[Si].[c-]1ccccc1. The second-order valence-electron chi connectivity index (χ2n) is 6.60.